The topological polar surface area (TPSA) is 61.4 Å². The lowest BCUT2D eigenvalue weighted by Gasteiger charge is -2.27. The van der Waals surface area contributed by atoms with Crippen LogP contribution in [0.4, 0.5) is 0 Å². The van der Waals surface area contributed by atoms with Crippen molar-refractivity contribution in [3.05, 3.63) is 71.3 Å². The molecule has 2 atom stereocenters. The van der Waals surface area contributed by atoms with Gasteiger partial charge in [0.15, 0.2) is 0 Å². The van der Waals surface area contributed by atoms with Gasteiger partial charge in [-0.25, -0.2) is 0 Å². The number of carbonyl (C=O) groups excluding carboxylic acids is 2. The minimum absolute atomic E-state index is 0.0202. The molecule has 2 aromatic carbocycles. The van der Waals surface area contributed by atoms with Crippen molar-refractivity contribution < 1.29 is 9.59 Å². The van der Waals surface area contributed by atoms with Crippen LogP contribution >= 0.6 is 0 Å². The number of benzene rings is 2. The number of hydrogen-bond donors (Lipinski definition) is 2. The molecule has 0 fully saturated rings. The first-order valence-electron chi connectivity index (χ1n) is 9.82. The third-order valence-corrected chi connectivity index (χ3v) is 5.01. The van der Waals surface area contributed by atoms with Crippen LogP contribution in [0.2, 0.25) is 0 Å². The molecule has 0 heterocycles. The van der Waals surface area contributed by atoms with E-state index in [4.69, 9.17) is 0 Å². The van der Waals surface area contributed by atoms with Crippen LogP contribution in [-0.4, -0.2) is 36.9 Å². The lowest BCUT2D eigenvalue weighted by atomic mass is 10.0. The minimum Gasteiger partial charge on any atom is -0.355 e. The van der Waals surface area contributed by atoms with Crippen LogP contribution in [0.3, 0.4) is 0 Å². The second-order valence-electron chi connectivity index (χ2n) is 7.13. The monoisotopic (exact) mass is 381 g/mol. The van der Waals surface area contributed by atoms with Gasteiger partial charge in [0.2, 0.25) is 5.91 Å². The molecule has 5 nitrogen and oxygen atoms in total. The fourth-order valence-corrected chi connectivity index (χ4v) is 3.12. The highest BCUT2D eigenvalue weighted by molar-refractivity contribution is 5.93. The summed E-state index contributed by atoms with van der Waals surface area (Å²) in [5, 5.41) is 5.81. The number of hydrogen-bond acceptors (Lipinski definition) is 3. The van der Waals surface area contributed by atoms with E-state index in [-0.39, 0.29) is 23.9 Å². The molecular formula is C23H31N3O2. The zero-order chi connectivity index (χ0) is 20.5. The normalized spacial score (nSPS) is 13.0. The predicted molar refractivity (Wildman–Crippen MR) is 113 cm³/mol. The van der Waals surface area contributed by atoms with Gasteiger partial charge in [-0.15, -0.1) is 0 Å². The van der Waals surface area contributed by atoms with Gasteiger partial charge >= 0.3 is 0 Å². The molecule has 0 spiro atoms. The quantitative estimate of drug-likeness (QED) is 0.699. The van der Waals surface area contributed by atoms with E-state index in [9.17, 15) is 9.59 Å². The lowest BCUT2D eigenvalue weighted by Crippen LogP contribution is -2.44. The molecule has 5 heteroatoms. The van der Waals surface area contributed by atoms with Crippen molar-refractivity contribution in [2.75, 3.05) is 14.1 Å². The zero-order valence-electron chi connectivity index (χ0n) is 17.2. The average Bonchev–Trinajstić information content (AvgIpc) is 2.73. The zero-order valence-corrected chi connectivity index (χ0v) is 17.2. The van der Waals surface area contributed by atoms with Gasteiger partial charge in [0.1, 0.15) is 0 Å². The molecule has 0 aliphatic heterocycles. The summed E-state index contributed by atoms with van der Waals surface area (Å²) in [6, 6.07) is 17.3. The largest absolute Gasteiger partial charge is 0.355 e. The summed E-state index contributed by atoms with van der Waals surface area (Å²) in [4.78, 5) is 26.5. The van der Waals surface area contributed by atoms with Crippen LogP contribution in [-0.2, 0) is 11.3 Å². The molecule has 2 amide bonds. The molecule has 2 N–H and O–H groups in total. The summed E-state index contributed by atoms with van der Waals surface area (Å²) < 4.78 is 0. The maximum atomic E-state index is 12.8. The smallest absolute Gasteiger partial charge is 0.251 e. The Labute approximate surface area is 168 Å². The predicted octanol–water partition coefficient (Wildman–Crippen LogP) is 3.52. The van der Waals surface area contributed by atoms with E-state index in [1.165, 1.54) is 0 Å². The number of likely N-dealkylation sites (N-methyl/N-ethyl adjacent to an activating group) is 1. The molecule has 2 aromatic rings. The highest BCUT2D eigenvalue weighted by Gasteiger charge is 2.21. The number of rotatable bonds is 9. The summed E-state index contributed by atoms with van der Waals surface area (Å²) in [5.74, 6) is -0.0812. The molecule has 0 bridgehead atoms. The maximum Gasteiger partial charge on any atom is 0.251 e. The standard InChI is InChI=1S/C23H31N3O2/c1-5-9-21(19-10-7-6-8-11-19)25-22(27)17(2)26(4)16-18-12-14-20(15-13-18)23(28)24-3/h6-8,10-15,17,21H,5,9,16H2,1-4H3,(H,24,28)(H,25,27)/t17-,21-/m0/s1. The Hall–Kier alpha value is -2.66. The Bertz CT molecular complexity index is 759. The van der Waals surface area contributed by atoms with E-state index in [1.807, 2.05) is 49.2 Å². The Morgan fingerprint density at radius 2 is 1.68 bits per heavy atom. The SMILES string of the molecule is CCC[C@H](NC(=O)[C@H](C)N(C)Cc1ccc(C(=O)NC)cc1)c1ccccc1. The van der Waals surface area contributed by atoms with Crippen LogP contribution in [0.25, 0.3) is 0 Å². The fraction of sp³-hybridized carbons (Fsp3) is 0.391. The highest BCUT2D eigenvalue weighted by Crippen LogP contribution is 2.19. The summed E-state index contributed by atoms with van der Waals surface area (Å²) in [6.45, 7) is 4.68. The van der Waals surface area contributed by atoms with Crippen molar-refractivity contribution in [1.29, 1.82) is 0 Å². The van der Waals surface area contributed by atoms with Gasteiger partial charge in [-0.2, -0.15) is 0 Å². The first kappa shape index (κ1) is 21.6. The summed E-state index contributed by atoms with van der Waals surface area (Å²) in [6.07, 6.45) is 1.91. The first-order chi connectivity index (χ1) is 13.5. The molecule has 0 aromatic heterocycles. The van der Waals surface area contributed by atoms with Crippen molar-refractivity contribution in [3.63, 3.8) is 0 Å². The van der Waals surface area contributed by atoms with Crippen LogP contribution in [0.1, 0.15) is 54.2 Å². The first-order valence-corrected chi connectivity index (χ1v) is 9.82. The number of nitrogens with one attached hydrogen (secondary N) is 2. The third-order valence-electron chi connectivity index (χ3n) is 5.01. The molecular weight excluding hydrogens is 350 g/mol. The van der Waals surface area contributed by atoms with E-state index in [0.717, 1.165) is 24.0 Å². The Morgan fingerprint density at radius 1 is 1.04 bits per heavy atom. The summed E-state index contributed by atoms with van der Waals surface area (Å²) >= 11 is 0. The molecule has 28 heavy (non-hydrogen) atoms. The molecule has 0 aliphatic rings. The number of carbonyl (C=O) groups is 2. The van der Waals surface area contributed by atoms with E-state index < -0.39 is 0 Å². The second-order valence-corrected chi connectivity index (χ2v) is 7.13. The van der Waals surface area contributed by atoms with Crippen molar-refractivity contribution >= 4 is 11.8 Å². The van der Waals surface area contributed by atoms with Gasteiger partial charge in [0.05, 0.1) is 12.1 Å². The van der Waals surface area contributed by atoms with Crippen molar-refractivity contribution in [1.82, 2.24) is 15.5 Å². The van der Waals surface area contributed by atoms with Gasteiger partial charge in [-0.1, -0.05) is 55.8 Å². The average molecular weight is 382 g/mol. The van der Waals surface area contributed by atoms with Crippen molar-refractivity contribution in [3.8, 4) is 0 Å². The number of amides is 2. The van der Waals surface area contributed by atoms with Gasteiger partial charge in [-0.05, 0) is 43.7 Å². The van der Waals surface area contributed by atoms with E-state index in [2.05, 4.69) is 29.7 Å². The third kappa shape index (κ3) is 5.92. The van der Waals surface area contributed by atoms with Crippen molar-refractivity contribution in [2.45, 2.75) is 45.3 Å². The van der Waals surface area contributed by atoms with Gasteiger partial charge in [0.25, 0.3) is 5.91 Å². The minimum atomic E-state index is -0.262. The van der Waals surface area contributed by atoms with Crippen LogP contribution in [0.5, 0.6) is 0 Å². The summed E-state index contributed by atoms with van der Waals surface area (Å²) in [5.41, 5.74) is 2.82. The highest BCUT2D eigenvalue weighted by atomic mass is 16.2. The van der Waals surface area contributed by atoms with E-state index >= 15 is 0 Å². The molecule has 0 radical (unpaired) electrons. The Kier molecular flexibility index (Phi) is 8.20. The lowest BCUT2D eigenvalue weighted by molar-refractivity contribution is -0.126. The van der Waals surface area contributed by atoms with Gasteiger partial charge in [-0.3, -0.25) is 14.5 Å². The molecule has 0 saturated heterocycles. The number of nitrogens with zero attached hydrogens (tertiary/aromatic N) is 1. The maximum absolute atomic E-state index is 12.8. The molecule has 0 unspecified atom stereocenters. The van der Waals surface area contributed by atoms with Gasteiger partial charge < -0.3 is 10.6 Å². The molecule has 0 saturated carbocycles. The summed E-state index contributed by atoms with van der Waals surface area (Å²) in [7, 11) is 3.56. The van der Waals surface area contributed by atoms with Crippen molar-refractivity contribution in [2.24, 2.45) is 0 Å². The molecule has 2 rings (SSSR count). The molecule has 0 aliphatic carbocycles. The fourth-order valence-electron chi connectivity index (χ4n) is 3.12. The van der Waals surface area contributed by atoms with Gasteiger partial charge in [0, 0.05) is 19.2 Å². The Balaban J connectivity index is 1.98. The van der Waals surface area contributed by atoms with Crippen LogP contribution in [0.15, 0.2) is 54.6 Å². The van der Waals surface area contributed by atoms with Crippen LogP contribution < -0.4 is 10.6 Å². The molecule has 150 valence electrons. The van der Waals surface area contributed by atoms with E-state index in [0.29, 0.717) is 12.1 Å². The van der Waals surface area contributed by atoms with E-state index in [1.54, 1.807) is 19.2 Å². The second kappa shape index (κ2) is 10.6. The Morgan fingerprint density at radius 3 is 2.25 bits per heavy atom. The van der Waals surface area contributed by atoms with Crippen LogP contribution in [0, 0.1) is 0 Å².